The minimum absolute atomic E-state index is 0. The van der Waals surface area contributed by atoms with Gasteiger partial charge < -0.3 is 2.85 Å². The standard InChI is InChI=1S/ClHO.K.Na.2H/c1-2;;;;/h2H;;;;/q;2*+1;2*-1. The third-order valence-corrected chi connectivity index (χ3v) is 0. The molecule has 0 atom stereocenters. The Bertz CT molecular complexity index is 13.5. The molecule has 1 N–H and O–H groups in total. The van der Waals surface area contributed by atoms with E-state index in [1.165, 1.54) is 0 Å². The molecule has 0 fully saturated rings. The smallest absolute Gasteiger partial charge is 1.00 e. The summed E-state index contributed by atoms with van der Waals surface area (Å²) in [6.45, 7) is 0. The van der Waals surface area contributed by atoms with Crippen LogP contribution in [0.1, 0.15) is 2.85 Å². The van der Waals surface area contributed by atoms with Crippen molar-refractivity contribution in [2.24, 2.45) is 0 Å². The summed E-state index contributed by atoms with van der Waals surface area (Å²) in [5.41, 5.74) is 0. The Labute approximate surface area is 97.9 Å². The summed E-state index contributed by atoms with van der Waals surface area (Å²) in [5, 5.41) is 0. The molecule has 0 aliphatic carbocycles. The van der Waals surface area contributed by atoms with Gasteiger partial charge in [0.25, 0.3) is 0 Å². The minimum Gasteiger partial charge on any atom is -1.00 e. The van der Waals surface area contributed by atoms with Crippen molar-refractivity contribution in [1.29, 1.82) is 0 Å². The molecule has 0 aromatic heterocycles. The molecule has 0 unspecified atom stereocenters. The zero-order valence-corrected chi connectivity index (χ0v) is 8.70. The molecule has 0 heterocycles. The maximum Gasteiger partial charge on any atom is 1.00 e. The first kappa shape index (κ1) is 15.8. The number of rotatable bonds is 0. The average Bonchev–Trinajstić information content (AvgIpc) is 1.00. The van der Waals surface area contributed by atoms with Crippen LogP contribution in [0.3, 0.4) is 0 Å². The molecule has 1 nitrogen and oxygen atoms in total. The Morgan fingerprint density at radius 1 is 1.50 bits per heavy atom. The topological polar surface area (TPSA) is 20.2 Å². The second-order valence-corrected chi connectivity index (χ2v) is 0. The fourth-order valence-electron chi connectivity index (χ4n) is 0. The Balaban J connectivity index is -0.000000000833. The summed E-state index contributed by atoms with van der Waals surface area (Å²) in [7, 11) is 0. The molecular formula is H3ClKNaO. The third-order valence-electron chi connectivity index (χ3n) is 0. The summed E-state index contributed by atoms with van der Waals surface area (Å²) in [5.74, 6) is 0. The number of hydrogen-bond donors (Lipinski definition) is 1. The number of halogens is 1. The van der Waals surface area contributed by atoms with Gasteiger partial charge in [0.15, 0.2) is 0 Å². The van der Waals surface area contributed by atoms with E-state index in [-0.39, 0.29) is 83.8 Å². The second kappa shape index (κ2) is 16.9. The fraction of sp³-hybridized carbons (Fsp3) is 0. The first-order valence-corrected chi connectivity index (χ1v) is 0.507. The molecule has 0 rings (SSSR count). The summed E-state index contributed by atoms with van der Waals surface area (Å²) >= 11 is 3.64. The zero-order chi connectivity index (χ0) is 2.00. The van der Waals surface area contributed by atoms with Gasteiger partial charge in [-0.05, 0) is 0 Å². The van der Waals surface area contributed by atoms with Crippen molar-refractivity contribution in [3.63, 3.8) is 0 Å². The first-order valence-electron chi connectivity index (χ1n) is 0.169. The van der Waals surface area contributed by atoms with Gasteiger partial charge in [0.2, 0.25) is 0 Å². The van der Waals surface area contributed by atoms with E-state index in [0.717, 1.165) is 0 Å². The van der Waals surface area contributed by atoms with Crippen LogP contribution in [-0.4, -0.2) is 4.66 Å². The van der Waals surface area contributed by atoms with Gasteiger partial charge in [-0.15, -0.1) is 0 Å². The summed E-state index contributed by atoms with van der Waals surface area (Å²) in [6, 6.07) is 0. The van der Waals surface area contributed by atoms with E-state index in [9.17, 15) is 0 Å². The van der Waals surface area contributed by atoms with Gasteiger partial charge >= 0.3 is 80.9 Å². The SMILES string of the molecule is OCl.[H-].[H-].[K+].[Na+]. The predicted molar refractivity (Wildman–Crippen MR) is 10.3 cm³/mol. The van der Waals surface area contributed by atoms with Crippen LogP contribution in [0.2, 0.25) is 0 Å². The van der Waals surface area contributed by atoms with E-state index in [0.29, 0.717) is 0 Å². The molecule has 18 valence electrons. The van der Waals surface area contributed by atoms with Crippen LogP contribution in [0.4, 0.5) is 0 Å². The second-order valence-electron chi connectivity index (χ2n) is 0. The Morgan fingerprint density at radius 3 is 1.50 bits per heavy atom. The third kappa shape index (κ3) is 8.86. The predicted octanol–water partition coefficient (Wildman–Crippen LogP) is -5.63. The van der Waals surface area contributed by atoms with Gasteiger partial charge in [-0.3, -0.25) is 4.66 Å². The Kier molecular flexibility index (Phi) is 66.6. The molecule has 0 amide bonds. The van der Waals surface area contributed by atoms with Crippen molar-refractivity contribution in [2.75, 3.05) is 0 Å². The summed E-state index contributed by atoms with van der Waals surface area (Å²) in [4.78, 5) is 0. The molecule has 4 heavy (non-hydrogen) atoms. The van der Waals surface area contributed by atoms with E-state index in [2.05, 4.69) is 11.9 Å². The van der Waals surface area contributed by atoms with Crippen molar-refractivity contribution in [3.05, 3.63) is 0 Å². The Morgan fingerprint density at radius 2 is 1.50 bits per heavy atom. The largest absolute Gasteiger partial charge is 1.00 e. The molecule has 0 spiro atoms. The van der Waals surface area contributed by atoms with Crippen molar-refractivity contribution in [3.8, 4) is 0 Å². The molecule has 0 bridgehead atoms. The van der Waals surface area contributed by atoms with E-state index < -0.39 is 0 Å². The van der Waals surface area contributed by atoms with Gasteiger partial charge in [-0.1, -0.05) is 0 Å². The summed E-state index contributed by atoms with van der Waals surface area (Å²) in [6.07, 6.45) is 0. The van der Waals surface area contributed by atoms with Gasteiger partial charge in [0.1, 0.15) is 0 Å². The van der Waals surface area contributed by atoms with Crippen molar-refractivity contribution < 1.29 is 88.5 Å². The molecule has 0 saturated carbocycles. The molecule has 0 aliphatic rings. The van der Waals surface area contributed by atoms with Gasteiger partial charge in [-0.25, -0.2) is 0 Å². The van der Waals surface area contributed by atoms with Gasteiger partial charge in [0, 0.05) is 0 Å². The van der Waals surface area contributed by atoms with Gasteiger partial charge in [-0.2, -0.15) is 0 Å². The van der Waals surface area contributed by atoms with Crippen molar-refractivity contribution in [2.45, 2.75) is 0 Å². The van der Waals surface area contributed by atoms with E-state index in [1.807, 2.05) is 0 Å². The van der Waals surface area contributed by atoms with E-state index in [4.69, 9.17) is 4.66 Å². The molecule has 0 aromatic rings. The molecule has 0 aliphatic heterocycles. The normalized spacial score (nSPS) is 1.50. The minimum atomic E-state index is 0. The quantitative estimate of drug-likeness (QED) is 0.313. The zero-order valence-electron chi connectivity index (χ0n) is 4.83. The molecule has 0 radical (unpaired) electrons. The van der Waals surface area contributed by atoms with Crippen LogP contribution in [0.25, 0.3) is 0 Å². The summed E-state index contributed by atoms with van der Waals surface area (Å²) < 4.78 is 6.47. The van der Waals surface area contributed by atoms with Crippen LogP contribution in [0.15, 0.2) is 0 Å². The van der Waals surface area contributed by atoms with Gasteiger partial charge in [0.05, 0.1) is 11.9 Å². The molecule has 4 heteroatoms. The van der Waals surface area contributed by atoms with Crippen LogP contribution in [0, 0.1) is 0 Å². The Hall–Kier alpha value is 2.89. The van der Waals surface area contributed by atoms with Crippen molar-refractivity contribution in [1.82, 2.24) is 0 Å². The maximum absolute atomic E-state index is 6.47. The van der Waals surface area contributed by atoms with E-state index in [1.54, 1.807) is 0 Å². The first-order chi connectivity index (χ1) is 1.00. The van der Waals surface area contributed by atoms with Crippen molar-refractivity contribution >= 4 is 11.9 Å². The van der Waals surface area contributed by atoms with Crippen LogP contribution < -0.4 is 80.9 Å². The van der Waals surface area contributed by atoms with Crippen LogP contribution in [-0.2, 0) is 0 Å². The average molecular weight is 117 g/mol. The number of hydrogen-bond acceptors (Lipinski definition) is 1. The molecule has 0 aromatic carbocycles. The monoisotopic (exact) mass is 116 g/mol. The van der Waals surface area contributed by atoms with Crippen LogP contribution >= 0.6 is 11.9 Å². The molecular weight excluding hydrogens is 114 g/mol. The molecule has 0 saturated heterocycles. The fourth-order valence-corrected chi connectivity index (χ4v) is 0. The van der Waals surface area contributed by atoms with E-state index >= 15 is 0 Å². The van der Waals surface area contributed by atoms with Crippen LogP contribution in [0.5, 0.6) is 0 Å². The maximum atomic E-state index is 6.47.